The average Bonchev–Trinajstić information content (AvgIpc) is 2.55. The molecular formula is C17H31N5O5. The second kappa shape index (κ2) is 10.1. The van der Waals surface area contributed by atoms with E-state index >= 15 is 0 Å². The van der Waals surface area contributed by atoms with E-state index in [1.54, 1.807) is 27.7 Å². The molecule has 1 fully saturated rings. The van der Waals surface area contributed by atoms with E-state index in [1.165, 1.54) is 0 Å². The topological polar surface area (TPSA) is 143 Å². The van der Waals surface area contributed by atoms with E-state index in [4.69, 9.17) is 10.5 Å². The van der Waals surface area contributed by atoms with Crippen molar-refractivity contribution in [2.75, 3.05) is 26.2 Å². The Labute approximate surface area is 159 Å². The first kappa shape index (κ1) is 22.7. The Bertz CT molecular complexity index is 560. The lowest BCUT2D eigenvalue weighted by atomic mass is 9.96. The third kappa shape index (κ3) is 8.72. The number of rotatable bonds is 6. The zero-order valence-electron chi connectivity index (χ0n) is 16.5. The number of hydrogen-bond donors (Lipinski definition) is 4. The minimum Gasteiger partial charge on any atom is -0.444 e. The van der Waals surface area contributed by atoms with Crippen LogP contribution in [-0.4, -0.2) is 66.7 Å². The van der Waals surface area contributed by atoms with Gasteiger partial charge in [0.2, 0.25) is 11.8 Å². The Morgan fingerprint density at radius 2 is 1.81 bits per heavy atom. The lowest BCUT2D eigenvalue weighted by molar-refractivity contribution is -0.130. The second-order valence-corrected chi connectivity index (χ2v) is 7.58. The van der Waals surface area contributed by atoms with E-state index in [1.807, 2.05) is 4.90 Å². The monoisotopic (exact) mass is 385 g/mol. The van der Waals surface area contributed by atoms with Gasteiger partial charge in [0.15, 0.2) is 0 Å². The molecule has 10 nitrogen and oxygen atoms in total. The number of primary amides is 1. The Morgan fingerprint density at radius 1 is 1.19 bits per heavy atom. The predicted octanol–water partition coefficient (Wildman–Crippen LogP) is -0.0773. The number of urea groups is 1. The molecule has 2 unspecified atom stereocenters. The fourth-order valence-electron chi connectivity index (χ4n) is 2.77. The van der Waals surface area contributed by atoms with Crippen LogP contribution >= 0.6 is 0 Å². The first-order chi connectivity index (χ1) is 12.5. The van der Waals surface area contributed by atoms with Gasteiger partial charge in [-0.1, -0.05) is 0 Å². The number of hydrogen-bond acceptors (Lipinski definition) is 6. The summed E-state index contributed by atoms with van der Waals surface area (Å²) in [7, 11) is 0. The number of piperidine rings is 1. The van der Waals surface area contributed by atoms with Crippen LogP contribution in [0, 0.1) is 5.92 Å². The molecule has 0 aromatic carbocycles. The molecule has 0 saturated carbocycles. The van der Waals surface area contributed by atoms with Gasteiger partial charge in [-0.15, -0.1) is 0 Å². The number of amides is 5. The van der Waals surface area contributed by atoms with E-state index in [2.05, 4.69) is 16.0 Å². The number of nitrogens with zero attached hydrogens (tertiary/aromatic N) is 1. The van der Waals surface area contributed by atoms with Gasteiger partial charge in [0.05, 0.1) is 12.0 Å². The third-order valence-corrected chi connectivity index (χ3v) is 4.09. The van der Waals surface area contributed by atoms with Crippen molar-refractivity contribution < 1.29 is 23.9 Å². The number of alkyl carbamates (subject to hydrolysis) is 1. The second-order valence-electron chi connectivity index (χ2n) is 7.58. The van der Waals surface area contributed by atoms with Crippen molar-refractivity contribution in [3.63, 3.8) is 0 Å². The van der Waals surface area contributed by atoms with Crippen molar-refractivity contribution in [2.24, 2.45) is 11.7 Å². The van der Waals surface area contributed by atoms with Gasteiger partial charge in [0, 0.05) is 19.6 Å². The zero-order chi connectivity index (χ0) is 20.6. The molecule has 0 spiro atoms. The fraction of sp³-hybridized carbons (Fsp3) is 0.765. The van der Waals surface area contributed by atoms with Gasteiger partial charge >= 0.3 is 12.1 Å². The first-order valence-corrected chi connectivity index (χ1v) is 9.08. The molecule has 0 bridgehead atoms. The van der Waals surface area contributed by atoms with Crippen LogP contribution in [0.2, 0.25) is 0 Å². The molecule has 10 heteroatoms. The van der Waals surface area contributed by atoms with Crippen molar-refractivity contribution in [3.05, 3.63) is 0 Å². The predicted molar refractivity (Wildman–Crippen MR) is 98.7 cm³/mol. The Kier molecular flexibility index (Phi) is 8.48. The summed E-state index contributed by atoms with van der Waals surface area (Å²) in [5.74, 6) is -0.873. The van der Waals surface area contributed by atoms with E-state index in [0.717, 1.165) is 6.42 Å². The molecule has 0 aromatic heterocycles. The van der Waals surface area contributed by atoms with Crippen molar-refractivity contribution in [3.8, 4) is 0 Å². The highest BCUT2D eigenvalue weighted by Gasteiger charge is 2.31. The van der Waals surface area contributed by atoms with Crippen molar-refractivity contribution in [1.82, 2.24) is 20.9 Å². The molecule has 154 valence electrons. The first-order valence-electron chi connectivity index (χ1n) is 9.08. The summed E-state index contributed by atoms with van der Waals surface area (Å²) >= 11 is 0. The van der Waals surface area contributed by atoms with E-state index in [0.29, 0.717) is 19.5 Å². The summed E-state index contributed by atoms with van der Waals surface area (Å²) in [4.78, 5) is 48.4. The number of carbonyl (C=O) groups excluding carboxylic acids is 4. The van der Waals surface area contributed by atoms with Crippen molar-refractivity contribution in [2.45, 2.75) is 52.2 Å². The van der Waals surface area contributed by atoms with Gasteiger partial charge in [-0.3, -0.25) is 19.8 Å². The summed E-state index contributed by atoms with van der Waals surface area (Å²) < 4.78 is 5.11. The van der Waals surface area contributed by atoms with Crippen LogP contribution in [0.3, 0.4) is 0 Å². The Morgan fingerprint density at radius 3 is 2.41 bits per heavy atom. The zero-order valence-corrected chi connectivity index (χ0v) is 16.5. The maximum absolute atomic E-state index is 12.3. The standard InChI is InChI=1S/C17H31N5O5/c1-11(13(23)21-15(18)25)22-9-5-6-12(10-22)14(24)19-7-8-20-16(26)27-17(2,3)4/h11-12H,5-10H2,1-4H3,(H,19,24)(H,20,26)(H3,18,21,23,25). The lowest BCUT2D eigenvalue weighted by Crippen LogP contribution is -2.53. The molecule has 1 heterocycles. The Hall–Kier alpha value is -2.36. The summed E-state index contributed by atoms with van der Waals surface area (Å²) in [5.41, 5.74) is 4.39. The van der Waals surface area contributed by atoms with Crippen LogP contribution in [-0.2, 0) is 14.3 Å². The van der Waals surface area contributed by atoms with Crippen LogP contribution in [0.4, 0.5) is 9.59 Å². The molecule has 1 aliphatic rings. The van der Waals surface area contributed by atoms with E-state index < -0.39 is 29.7 Å². The summed E-state index contributed by atoms with van der Waals surface area (Å²) in [6, 6.07) is -1.45. The molecule has 0 aromatic rings. The van der Waals surface area contributed by atoms with Gasteiger partial charge < -0.3 is 21.1 Å². The van der Waals surface area contributed by atoms with E-state index in [-0.39, 0.29) is 24.9 Å². The number of nitrogens with two attached hydrogens (primary N) is 1. The number of nitrogens with one attached hydrogen (secondary N) is 3. The van der Waals surface area contributed by atoms with Crippen molar-refractivity contribution in [1.29, 1.82) is 0 Å². The van der Waals surface area contributed by atoms with Gasteiger partial charge in [0.1, 0.15) is 5.60 Å². The Balaban J connectivity index is 2.37. The SMILES string of the molecule is CC(C(=O)NC(N)=O)N1CCCC(C(=O)NCCNC(=O)OC(C)(C)C)C1. The number of carbonyl (C=O) groups is 4. The molecule has 2 atom stereocenters. The summed E-state index contributed by atoms with van der Waals surface area (Å²) in [6.07, 6.45) is 0.948. The molecule has 1 rings (SSSR count). The van der Waals surface area contributed by atoms with Crippen molar-refractivity contribution >= 4 is 23.9 Å². The molecule has 5 amide bonds. The lowest BCUT2D eigenvalue weighted by Gasteiger charge is -2.35. The summed E-state index contributed by atoms with van der Waals surface area (Å²) in [6.45, 7) is 8.61. The minimum atomic E-state index is -0.893. The maximum Gasteiger partial charge on any atom is 0.407 e. The van der Waals surface area contributed by atoms with Gasteiger partial charge in [-0.25, -0.2) is 9.59 Å². The molecule has 0 aliphatic carbocycles. The van der Waals surface area contributed by atoms with Crippen LogP contribution in [0.1, 0.15) is 40.5 Å². The number of likely N-dealkylation sites (tertiary alicyclic amines) is 1. The molecule has 5 N–H and O–H groups in total. The summed E-state index contributed by atoms with van der Waals surface area (Å²) in [5, 5.41) is 7.41. The highest BCUT2D eigenvalue weighted by Crippen LogP contribution is 2.18. The molecule has 0 radical (unpaired) electrons. The van der Waals surface area contributed by atoms with Crippen LogP contribution in [0.25, 0.3) is 0 Å². The highest BCUT2D eigenvalue weighted by molar-refractivity contribution is 5.96. The fourth-order valence-corrected chi connectivity index (χ4v) is 2.77. The maximum atomic E-state index is 12.3. The number of imide groups is 1. The third-order valence-electron chi connectivity index (χ3n) is 4.09. The molecular weight excluding hydrogens is 354 g/mol. The highest BCUT2D eigenvalue weighted by atomic mass is 16.6. The molecule has 1 saturated heterocycles. The van der Waals surface area contributed by atoms with Crippen LogP contribution in [0.15, 0.2) is 0 Å². The van der Waals surface area contributed by atoms with E-state index in [9.17, 15) is 19.2 Å². The van der Waals surface area contributed by atoms with Gasteiger partial charge in [-0.05, 0) is 47.1 Å². The number of ether oxygens (including phenoxy) is 1. The van der Waals surface area contributed by atoms with Crippen LogP contribution < -0.4 is 21.7 Å². The molecule has 1 aliphatic heterocycles. The quantitative estimate of drug-likeness (QED) is 0.471. The van der Waals surface area contributed by atoms with Gasteiger partial charge in [-0.2, -0.15) is 0 Å². The largest absolute Gasteiger partial charge is 0.444 e. The average molecular weight is 385 g/mol. The smallest absolute Gasteiger partial charge is 0.407 e. The normalized spacial score (nSPS) is 18.9. The van der Waals surface area contributed by atoms with Crippen LogP contribution in [0.5, 0.6) is 0 Å². The van der Waals surface area contributed by atoms with Gasteiger partial charge in [0.25, 0.3) is 0 Å². The minimum absolute atomic E-state index is 0.131. The molecule has 27 heavy (non-hydrogen) atoms.